The minimum atomic E-state index is 0.152. The Kier molecular flexibility index (Phi) is 5.52. The molecule has 5 aliphatic rings. The van der Waals surface area contributed by atoms with Crippen molar-refractivity contribution in [2.24, 2.45) is 0 Å². The van der Waals surface area contributed by atoms with Crippen LogP contribution in [0.25, 0.3) is 11.2 Å². The molecule has 2 unspecified atom stereocenters. The van der Waals surface area contributed by atoms with Gasteiger partial charge in [0.1, 0.15) is 12.4 Å². The van der Waals surface area contributed by atoms with E-state index in [9.17, 15) is 0 Å². The molecule has 2 bridgehead atoms. The molecule has 0 radical (unpaired) electrons. The molecule has 1 saturated carbocycles. The van der Waals surface area contributed by atoms with Crippen molar-refractivity contribution in [2.45, 2.75) is 88.4 Å². The second-order valence-corrected chi connectivity index (χ2v) is 12.6. The minimum absolute atomic E-state index is 0.152. The van der Waals surface area contributed by atoms with E-state index < -0.39 is 0 Å². The van der Waals surface area contributed by atoms with Gasteiger partial charge >= 0.3 is 0 Å². The lowest BCUT2D eigenvalue weighted by atomic mass is 9.95. The van der Waals surface area contributed by atoms with Crippen molar-refractivity contribution >= 4 is 22.9 Å². The number of rotatable bonds is 7. The Morgan fingerprint density at radius 3 is 2.56 bits per heavy atom. The van der Waals surface area contributed by atoms with Gasteiger partial charge in [-0.15, -0.1) is 0 Å². The van der Waals surface area contributed by atoms with Crippen molar-refractivity contribution in [2.75, 3.05) is 43.4 Å². The summed E-state index contributed by atoms with van der Waals surface area (Å²) in [5.41, 5.74) is 11.6. The molecule has 4 aliphatic heterocycles. The Hall–Kier alpha value is -2.98. The summed E-state index contributed by atoms with van der Waals surface area (Å²) < 4.78 is 8.79. The van der Waals surface area contributed by atoms with Crippen LogP contribution in [-0.4, -0.2) is 79.8 Å². The molecule has 3 aromatic rings. The van der Waals surface area contributed by atoms with Crippen molar-refractivity contribution in [3.05, 3.63) is 29.2 Å². The topological polar surface area (TPSA) is 110 Å². The van der Waals surface area contributed by atoms with Gasteiger partial charge in [0.15, 0.2) is 11.2 Å². The van der Waals surface area contributed by atoms with Gasteiger partial charge in [0.05, 0.1) is 18.4 Å². The number of imidazole rings is 1. The summed E-state index contributed by atoms with van der Waals surface area (Å²) in [6.45, 7) is 7.64. The number of fused-ring (bicyclic) bond motifs is 4. The van der Waals surface area contributed by atoms with Crippen LogP contribution in [0.1, 0.15) is 74.1 Å². The first-order valence-corrected chi connectivity index (χ1v) is 14.9. The van der Waals surface area contributed by atoms with Crippen LogP contribution in [0.3, 0.4) is 0 Å². The highest BCUT2D eigenvalue weighted by Crippen LogP contribution is 2.44. The fourth-order valence-electron chi connectivity index (χ4n) is 7.91. The van der Waals surface area contributed by atoms with Gasteiger partial charge in [-0.3, -0.25) is 4.90 Å². The van der Waals surface area contributed by atoms with Crippen LogP contribution in [0.15, 0.2) is 12.4 Å². The predicted octanol–water partition coefficient (Wildman–Crippen LogP) is 2.99. The Bertz CT molecular complexity index is 1390. The molecule has 7 heterocycles. The molecule has 3 aromatic heterocycles. The lowest BCUT2D eigenvalue weighted by Crippen LogP contribution is -2.51. The second-order valence-electron chi connectivity index (χ2n) is 12.6. The standard InChI is InChI=1S/C29H39N9O/c1-18-24(19-4-5-19)20(12-23(30)32-18)13-37-17-31-25-26(37)34-28(36-14-21-6-7-22(15-36)33-21)35-27(25)39-16-29-8-2-10-38(29)11-3-9-29/h12,17,19,21-22,33H,2-11,13-16H2,1H3,(H2,30,32). The van der Waals surface area contributed by atoms with Crippen LogP contribution in [-0.2, 0) is 6.54 Å². The monoisotopic (exact) mass is 529 g/mol. The van der Waals surface area contributed by atoms with Gasteiger partial charge in [-0.25, -0.2) is 9.97 Å². The first kappa shape index (κ1) is 23.9. The zero-order valence-electron chi connectivity index (χ0n) is 22.9. The molecule has 0 amide bonds. The van der Waals surface area contributed by atoms with Gasteiger partial charge < -0.3 is 25.3 Å². The molecule has 2 atom stereocenters. The number of nitrogens with two attached hydrogens (primary N) is 1. The summed E-state index contributed by atoms with van der Waals surface area (Å²) in [5, 5.41) is 3.73. The molecular formula is C29H39N9O. The number of ether oxygens (including phenoxy) is 1. The number of aromatic nitrogens is 5. The number of nitrogens with zero attached hydrogens (tertiary/aromatic N) is 7. The number of nitrogen functional groups attached to an aromatic ring is 1. The highest BCUT2D eigenvalue weighted by atomic mass is 16.5. The average Bonchev–Trinajstić information content (AvgIpc) is 3.19. The highest BCUT2D eigenvalue weighted by Gasteiger charge is 2.45. The highest BCUT2D eigenvalue weighted by molar-refractivity contribution is 5.78. The zero-order valence-corrected chi connectivity index (χ0v) is 22.9. The Balaban J connectivity index is 1.17. The number of hydrogen-bond donors (Lipinski definition) is 2. The van der Waals surface area contributed by atoms with Crippen molar-refractivity contribution in [1.29, 1.82) is 0 Å². The van der Waals surface area contributed by atoms with E-state index in [4.69, 9.17) is 25.4 Å². The summed E-state index contributed by atoms with van der Waals surface area (Å²) in [5.74, 6) is 2.55. The van der Waals surface area contributed by atoms with E-state index in [-0.39, 0.29) is 5.54 Å². The van der Waals surface area contributed by atoms with Crippen LogP contribution < -0.4 is 20.7 Å². The first-order valence-electron chi connectivity index (χ1n) is 14.9. The van der Waals surface area contributed by atoms with Crippen molar-refractivity contribution in [1.82, 2.24) is 34.7 Å². The fraction of sp³-hybridized carbons (Fsp3) is 0.655. The molecular weight excluding hydrogens is 490 g/mol. The third-order valence-corrected chi connectivity index (χ3v) is 9.89. The Labute approximate surface area is 229 Å². The van der Waals surface area contributed by atoms with E-state index in [1.165, 1.54) is 75.6 Å². The Morgan fingerprint density at radius 2 is 1.82 bits per heavy atom. The quantitative estimate of drug-likeness (QED) is 0.477. The van der Waals surface area contributed by atoms with E-state index in [0.29, 0.717) is 42.9 Å². The number of piperazine rings is 1. The summed E-state index contributed by atoms with van der Waals surface area (Å²) in [6.07, 6.45) is 11.7. The average molecular weight is 530 g/mol. The Morgan fingerprint density at radius 1 is 1.05 bits per heavy atom. The second kappa shape index (κ2) is 9.02. The zero-order chi connectivity index (χ0) is 26.1. The fourth-order valence-corrected chi connectivity index (χ4v) is 7.91. The van der Waals surface area contributed by atoms with Crippen LogP contribution in [0.4, 0.5) is 11.8 Å². The van der Waals surface area contributed by atoms with E-state index in [1.807, 2.05) is 12.4 Å². The SMILES string of the molecule is Cc1nc(N)cc(Cn2cnc3c(OCC45CCCN4CCC5)nc(N4CC5CCC(C4)N5)nc32)c1C1CC1. The molecule has 1 aliphatic carbocycles. The van der Waals surface area contributed by atoms with Crippen LogP contribution in [0.5, 0.6) is 5.88 Å². The summed E-state index contributed by atoms with van der Waals surface area (Å²) in [6, 6.07) is 3.05. The number of anilines is 2. The summed E-state index contributed by atoms with van der Waals surface area (Å²) in [7, 11) is 0. The first-order chi connectivity index (χ1) is 19.0. The largest absolute Gasteiger partial charge is 0.474 e. The lowest BCUT2D eigenvalue weighted by Gasteiger charge is -2.33. The van der Waals surface area contributed by atoms with Crippen LogP contribution in [0, 0.1) is 6.92 Å². The molecule has 0 spiro atoms. The third kappa shape index (κ3) is 4.14. The molecule has 39 heavy (non-hydrogen) atoms. The molecule has 8 rings (SSSR count). The number of nitrogens with one attached hydrogen (secondary N) is 1. The number of pyridine rings is 1. The smallest absolute Gasteiger partial charge is 0.247 e. The molecule has 3 N–H and O–H groups in total. The van der Waals surface area contributed by atoms with Gasteiger partial charge in [0.2, 0.25) is 11.8 Å². The van der Waals surface area contributed by atoms with Gasteiger partial charge in [0.25, 0.3) is 0 Å². The van der Waals surface area contributed by atoms with Crippen molar-refractivity contribution in [3.8, 4) is 5.88 Å². The summed E-state index contributed by atoms with van der Waals surface area (Å²) >= 11 is 0. The van der Waals surface area contributed by atoms with E-state index in [0.717, 1.165) is 35.9 Å². The van der Waals surface area contributed by atoms with E-state index >= 15 is 0 Å². The maximum atomic E-state index is 6.64. The van der Waals surface area contributed by atoms with Gasteiger partial charge in [-0.1, -0.05) is 0 Å². The van der Waals surface area contributed by atoms with E-state index in [2.05, 4.69) is 31.6 Å². The molecule has 4 saturated heterocycles. The molecule has 206 valence electrons. The maximum Gasteiger partial charge on any atom is 0.247 e. The van der Waals surface area contributed by atoms with E-state index in [1.54, 1.807) is 0 Å². The molecule has 5 fully saturated rings. The predicted molar refractivity (Wildman–Crippen MR) is 150 cm³/mol. The molecule has 10 heteroatoms. The normalized spacial score (nSPS) is 26.0. The molecule has 10 nitrogen and oxygen atoms in total. The van der Waals surface area contributed by atoms with Gasteiger partial charge in [-0.2, -0.15) is 9.97 Å². The van der Waals surface area contributed by atoms with Crippen LogP contribution >= 0.6 is 0 Å². The van der Waals surface area contributed by atoms with Gasteiger partial charge in [-0.05, 0) is 94.5 Å². The minimum Gasteiger partial charge on any atom is -0.474 e. The van der Waals surface area contributed by atoms with Gasteiger partial charge in [0, 0.05) is 30.9 Å². The number of aryl methyl sites for hydroxylation is 1. The summed E-state index contributed by atoms with van der Waals surface area (Å²) in [4.78, 5) is 24.6. The van der Waals surface area contributed by atoms with Crippen molar-refractivity contribution in [3.63, 3.8) is 0 Å². The van der Waals surface area contributed by atoms with Crippen LogP contribution in [0.2, 0.25) is 0 Å². The lowest BCUT2D eigenvalue weighted by molar-refractivity contribution is 0.111. The van der Waals surface area contributed by atoms with Crippen molar-refractivity contribution < 1.29 is 4.74 Å². The maximum absolute atomic E-state index is 6.64. The number of hydrogen-bond acceptors (Lipinski definition) is 9. The molecule has 0 aromatic carbocycles. The third-order valence-electron chi connectivity index (χ3n) is 9.89.